The molecule has 0 fully saturated rings. The Morgan fingerprint density at radius 2 is 2.14 bits per heavy atom. The van der Waals surface area contributed by atoms with Gasteiger partial charge in [0.15, 0.2) is 28.9 Å². The molecule has 4 nitrogen and oxygen atoms in total. The number of methoxy groups -OCH3 is 1. The summed E-state index contributed by atoms with van der Waals surface area (Å²) < 4.78 is 23.7. The molecule has 0 unspecified atom stereocenters. The van der Waals surface area contributed by atoms with Crippen LogP contribution in [-0.4, -0.2) is 18.0 Å². The highest BCUT2D eigenvalue weighted by molar-refractivity contribution is 5.92. The third-order valence-electron chi connectivity index (χ3n) is 2.85. The van der Waals surface area contributed by atoms with Crippen molar-refractivity contribution in [2.75, 3.05) is 7.11 Å². The van der Waals surface area contributed by atoms with Crippen LogP contribution < -0.4 is 4.74 Å². The summed E-state index contributed by atoms with van der Waals surface area (Å²) >= 11 is 0. The first kappa shape index (κ1) is 14.8. The van der Waals surface area contributed by atoms with Crippen LogP contribution in [0.2, 0.25) is 0 Å². The maximum absolute atomic E-state index is 13.3. The summed E-state index contributed by atoms with van der Waals surface area (Å²) in [7, 11) is 1.40. The monoisotopic (exact) mass is 290 g/mol. The number of ether oxygens (including phenoxy) is 1. The van der Waals surface area contributed by atoms with Gasteiger partial charge in [0.2, 0.25) is 0 Å². The number of benzene rings is 1. The van der Waals surface area contributed by atoms with Crippen LogP contribution in [0.25, 0.3) is 5.76 Å². The molecule has 21 heavy (non-hydrogen) atoms. The summed E-state index contributed by atoms with van der Waals surface area (Å²) in [6.45, 7) is 1.34. The number of furan rings is 1. The van der Waals surface area contributed by atoms with E-state index in [0.717, 1.165) is 11.6 Å². The third kappa shape index (κ3) is 3.72. The Morgan fingerprint density at radius 1 is 1.38 bits per heavy atom. The standard InChI is InChI=1S/C16H15FO4/c1-10(18)7-14(19)15-6-4-12(21-15)8-11-3-5-13(17)16(9-11)20-2/h3-7,9,19H,8H2,1-2H3. The molecule has 0 aliphatic heterocycles. The van der Waals surface area contributed by atoms with Crippen LogP contribution >= 0.6 is 0 Å². The number of aliphatic hydroxyl groups is 1. The van der Waals surface area contributed by atoms with Crippen molar-refractivity contribution in [3.63, 3.8) is 0 Å². The summed E-state index contributed by atoms with van der Waals surface area (Å²) in [5.41, 5.74) is 0.809. The van der Waals surface area contributed by atoms with E-state index >= 15 is 0 Å². The molecule has 2 aromatic rings. The fourth-order valence-electron chi connectivity index (χ4n) is 1.89. The molecular formula is C16H15FO4. The summed E-state index contributed by atoms with van der Waals surface area (Å²) in [5.74, 6) is 0.0534. The molecule has 0 atom stereocenters. The third-order valence-corrected chi connectivity index (χ3v) is 2.85. The number of halogens is 1. The fraction of sp³-hybridized carbons (Fsp3) is 0.188. The first-order chi connectivity index (χ1) is 9.99. The van der Waals surface area contributed by atoms with Gasteiger partial charge in [-0.15, -0.1) is 0 Å². The minimum Gasteiger partial charge on any atom is -0.504 e. The van der Waals surface area contributed by atoms with Gasteiger partial charge in [0, 0.05) is 12.5 Å². The van der Waals surface area contributed by atoms with E-state index < -0.39 is 5.82 Å². The topological polar surface area (TPSA) is 59.7 Å². The zero-order valence-corrected chi connectivity index (χ0v) is 11.7. The van der Waals surface area contributed by atoms with E-state index in [2.05, 4.69) is 0 Å². The lowest BCUT2D eigenvalue weighted by atomic mass is 10.1. The average Bonchev–Trinajstić information content (AvgIpc) is 2.89. The van der Waals surface area contributed by atoms with Gasteiger partial charge in [-0.2, -0.15) is 0 Å². The Balaban J connectivity index is 2.18. The van der Waals surface area contributed by atoms with Crippen molar-refractivity contribution in [1.29, 1.82) is 0 Å². The summed E-state index contributed by atoms with van der Waals surface area (Å²) in [6, 6.07) is 7.81. The number of rotatable bonds is 5. The van der Waals surface area contributed by atoms with E-state index in [1.165, 1.54) is 20.1 Å². The Labute approximate surface area is 121 Å². The maximum atomic E-state index is 13.3. The van der Waals surface area contributed by atoms with Gasteiger partial charge in [-0.25, -0.2) is 4.39 Å². The predicted octanol–water partition coefficient (Wildman–Crippen LogP) is 3.51. The summed E-state index contributed by atoms with van der Waals surface area (Å²) in [5, 5.41) is 9.67. The quantitative estimate of drug-likeness (QED) is 0.676. The molecule has 1 heterocycles. The largest absolute Gasteiger partial charge is 0.504 e. The van der Waals surface area contributed by atoms with Gasteiger partial charge < -0.3 is 14.3 Å². The summed E-state index contributed by atoms with van der Waals surface area (Å²) in [6.07, 6.45) is 1.51. The summed E-state index contributed by atoms with van der Waals surface area (Å²) in [4.78, 5) is 10.9. The molecule has 0 saturated heterocycles. The second kappa shape index (κ2) is 6.26. The van der Waals surface area contributed by atoms with Crippen LogP contribution in [0.3, 0.4) is 0 Å². The molecule has 0 aliphatic rings. The number of hydrogen-bond acceptors (Lipinski definition) is 4. The van der Waals surface area contributed by atoms with Gasteiger partial charge in [-0.1, -0.05) is 6.07 Å². The average molecular weight is 290 g/mol. The van der Waals surface area contributed by atoms with E-state index in [0.29, 0.717) is 12.2 Å². The second-order valence-corrected chi connectivity index (χ2v) is 4.55. The molecule has 0 saturated carbocycles. The Hall–Kier alpha value is -2.56. The van der Waals surface area contributed by atoms with E-state index in [9.17, 15) is 14.3 Å². The molecule has 1 aromatic heterocycles. The minimum absolute atomic E-state index is 0.165. The highest BCUT2D eigenvalue weighted by Crippen LogP contribution is 2.22. The van der Waals surface area contributed by atoms with Crippen LogP contribution in [-0.2, 0) is 11.2 Å². The molecule has 5 heteroatoms. The number of allylic oxidation sites excluding steroid dienone is 1. The van der Waals surface area contributed by atoms with Crippen LogP contribution in [0.15, 0.2) is 40.8 Å². The van der Waals surface area contributed by atoms with Gasteiger partial charge in [0.05, 0.1) is 7.11 Å². The molecule has 0 amide bonds. The van der Waals surface area contributed by atoms with E-state index in [4.69, 9.17) is 9.15 Å². The van der Waals surface area contributed by atoms with Crippen molar-refractivity contribution in [1.82, 2.24) is 0 Å². The van der Waals surface area contributed by atoms with Crippen LogP contribution in [0, 0.1) is 5.82 Å². The van der Waals surface area contributed by atoms with Gasteiger partial charge in [-0.3, -0.25) is 4.79 Å². The second-order valence-electron chi connectivity index (χ2n) is 4.55. The van der Waals surface area contributed by atoms with Crippen LogP contribution in [0.4, 0.5) is 4.39 Å². The zero-order valence-electron chi connectivity index (χ0n) is 11.7. The molecule has 110 valence electrons. The van der Waals surface area contributed by atoms with Gasteiger partial charge in [0.1, 0.15) is 5.76 Å². The van der Waals surface area contributed by atoms with Crippen molar-refractivity contribution < 1.29 is 23.4 Å². The number of ketones is 1. The maximum Gasteiger partial charge on any atom is 0.168 e. The van der Waals surface area contributed by atoms with Crippen LogP contribution in [0.1, 0.15) is 24.0 Å². The predicted molar refractivity (Wildman–Crippen MR) is 75.8 cm³/mol. The molecule has 0 spiro atoms. The van der Waals surface area contributed by atoms with Crippen molar-refractivity contribution in [3.05, 3.63) is 59.3 Å². The Morgan fingerprint density at radius 3 is 2.81 bits per heavy atom. The molecule has 1 N–H and O–H groups in total. The van der Waals surface area contributed by atoms with Crippen molar-refractivity contribution in [2.24, 2.45) is 0 Å². The molecule has 0 radical (unpaired) electrons. The normalized spacial score (nSPS) is 11.5. The van der Waals surface area contributed by atoms with Crippen LogP contribution in [0.5, 0.6) is 5.75 Å². The zero-order chi connectivity index (χ0) is 15.4. The molecular weight excluding hydrogens is 275 g/mol. The minimum atomic E-state index is -0.427. The van der Waals surface area contributed by atoms with E-state index in [1.54, 1.807) is 24.3 Å². The first-order valence-electron chi connectivity index (χ1n) is 6.32. The lowest BCUT2D eigenvalue weighted by Crippen LogP contribution is -1.92. The first-order valence-corrected chi connectivity index (χ1v) is 6.32. The number of hydrogen-bond donors (Lipinski definition) is 1. The highest BCUT2D eigenvalue weighted by Gasteiger charge is 2.09. The SMILES string of the molecule is COc1cc(Cc2ccc(C(O)=CC(C)=O)o2)ccc1F. The highest BCUT2D eigenvalue weighted by atomic mass is 19.1. The Bertz CT molecular complexity index is 685. The van der Waals surface area contributed by atoms with Crippen molar-refractivity contribution >= 4 is 11.5 Å². The fourth-order valence-corrected chi connectivity index (χ4v) is 1.89. The smallest absolute Gasteiger partial charge is 0.168 e. The molecule has 2 rings (SSSR count). The number of carbonyl (C=O) groups excluding carboxylic acids is 1. The lowest BCUT2D eigenvalue weighted by Gasteiger charge is -2.04. The van der Waals surface area contributed by atoms with Gasteiger partial charge in [0.25, 0.3) is 0 Å². The lowest BCUT2D eigenvalue weighted by molar-refractivity contribution is -0.112. The van der Waals surface area contributed by atoms with Crippen molar-refractivity contribution in [3.8, 4) is 5.75 Å². The van der Waals surface area contributed by atoms with E-state index in [1.807, 2.05) is 0 Å². The molecule has 0 bridgehead atoms. The number of aliphatic hydroxyl groups excluding tert-OH is 1. The number of carbonyl (C=O) groups is 1. The Kier molecular flexibility index (Phi) is 4.42. The van der Waals surface area contributed by atoms with Gasteiger partial charge in [-0.05, 0) is 36.8 Å². The molecule has 0 aliphatic carbocycles. The van der Waals surface area contributed by atoms with E-state index in [-0.39, 0.29) is 23.1 Å². The molecule has 1 aromatic carbocycles. The van der Waals surface area contributed by atoms with Gasteiger partial charge >= 0.3 is 0 Å². The van der Waals surface area contributed by atoms with Crippen molar-refractivity contribution in [2.45, 2.75) is 13.3 Å².